The van der Waals surface area contributed by atoms with E-state index in [4.69, 9.17) is 5.26 Å². The Labute approximate surface area is 101 Å². The van der Waals surface area contributed by atoms with Gasteiger partial charge in [-0.25, -0.2) is 0 Å². The third kappa shape index (κ3) is 2.57. The quantitative estimate of drug-likeness (QED) is 0.720. The SMILES string of the molecule is N#CCNC(=O)C1CC(=O)N(C2CCCC2)C1. The average Bonchev–Trinajstić information content (AvgIpc) is 2.94. The van der Waals surface area contributed by atoms with Gasteiger partial charge in [0.1, 0.15) is 6.54 Å². The summed E-state index contributed by atoms with van der Waals surface area (Å²) in [5.74, 6) is -0.342. The van der Waals surface area contributed by atoms with Crippen molar-refractivity contribution in [1.82, 2.24) is 10.2 Å². The third-order valence-electron chi connectivity index (χ3n) is 3.64. The Balaban J connectivity index is 1.90. The molecule has 1 heterocycles. The molecule has 2 rings (SSSR count). The molecule has 1 aliphatic heterocycles. The molecule has 1 saturated heterocycles. The van der Waals surface area contributed by atoms with Crippen molar-refractivity contribution in [2.45, 2.75) is 38.1 Å². The highest BCUT2D eigenvalue weighted by Gasteiger charge is 2.38. The van der Waals surface area contributed by atoms with Gasteiger partial charge in [-0.3, -0.25) is 9.59 Å². The minimum absolute atomic E-state index is 0.0208. The molecule has 0 aromatic rings. The van der Waals surface area contributed by atoms with Crippen LogP contribution in [0.1, 0.15) is 32.1 Å². The number of nitrogens with zero attached hydrogens (tertiary/aromatic N) is 2. The van der Waals surface area contributed by atoms with Crippen LogP contribution in [-0.2, 0) is 9.59 Å². The van der Waals surface area contributed by atoms with Gasteiger partial charge in [-0.05, 0) is 12.8 Å². The lowest BCUT2D eigenvalue weighted by atomic mass is 10.1. The molecule has 17 heavy (non-hydrogen) atoms. The summed E-state index contributed by atoms with van der Waals surface area (Å²) in [6.07, 6.45) is 4.80. The first-order chi connectivity index (χ1) is 8.22. The fourth-order valence-electron chi connectivity index (χ4n) is 2.75. The van der Waals surface area contributed by atoms with Crippen LogP contribution < -0.4 is 5.32 Å². The van der Waals surface area contributed by atoms with Gasteiger partial charge in [0, 0.05) is 19.0 Å². The van der Waals surface area contributed by atoms with Gasteiger partial charge in [-0.15, -0.1) is 0 Å². The summed E-state index contributed by atoms with van der Waals surface area (Å²) >= 11 is 0. The molecule has 1 unspecified atom stereocenters. The van der Waals surface area contributed by atoms with E-state index in [1.165, 1.54) is 12.8 Å². The van der Waals surface area contributed by atoms with E-state index >= 15 is 0 Å². The van der Waals surface area contributed by atoms with Crippen molar-refractivity contribution in [2.75, 3.05) is 13.1 Å². The molecule has 2 fully saturated rings. The minimum atomic E-state index is -0.267. The van der Waals surface area contributed by atoms with Crippen molar-refractivity contribution in [1.29, 1.82) is 5.26 Å². The van der Waals surface area contributed by atoms with Gasteiger partial charge in [0.05, 0.1) is 12.0 Å². The number of amides is 2. The molecule has 1 atom stereocenters. The predicted octanol–water partition coefficient (Wildman–Crippen LogP) is 0.417. The number of likely N-dealkylation sites (tertiary alicyclic amines) is 1. The molecule has 92 valence electrons. The fourth-order valence-corrected chi connectivity index (χ4v) is 2.75. The normalized spacial score (nSPS) is 25.0. The first-order valence-electron chi connectivity index (χ1n) is 6.16. The van der Waals surface area contributed by atoms with E-state index in [-0.39, 0.29) is 24.3 Å². The lowest BCUT2D eigenvalue weighted by molar-refractivity contribution is -0.130. The molecule has 0 radical (unpaired) electrons. The maximum absolute atomic E-state index is 11.8. The van der Waals surface area contributed by atoms with Crippen LogP contribution in [0.25, 0.3) is 0 Å². The molecule has 5 nitrogen and oxygen atoms in total. The summed E-state index contributed by atoms with van der Waals surface area (Å²) in [4.78, 5) is 25.4. The second kappa shape index (κ2) is 5.17. The van der Waals surface area contributed by atoms with Crippen LogP contribution in [0.5, 0.6) is 0 Å². The second-order valence-electron chi connectivity index (χ2n) is 4.76. The van der Waals surface area contributed by atoms with E-state index in [0.717, 1.165) is 12.8 Å². The molecule has 2 aliphatic rings. The molecular weight excluding hydrogens is 218 g/mol. The van der Waals surface area contributed by atoms with Crippen LogP contribution in [0.15, 0.2) is 0 Å². The highest BCUT2D eigenvalue weighted by molar-refractivity contribution is 5.89. The number of carbonyl (C=O) groups excluding carboxylic acids is 2. The van der Waals surface area contributed by atoms with Crippen LogP contribution in [0.3, 0.4) is 0 Å². The Morgan fingerprint density at radius 3 is 2.82 bits per heavy atom. The van der Waals surface area contributed by atoms with Gasteiger partial charge < -0.3 is 10.2 Å². The number of nitrogens with one attached hydrogen (secondary N) is 1. The number of rotatable bonds is 3. The number of hydrogen-bond acceptors (Lipinski definition) is 3. The summed E-state index contributed by atoms with van der Waals surface area (Å²) in [5, 5.41) is 10.9. The lowest BCUT2D eigenvalue weighted by Gasteiger charge is -2.23. The number of carbonyl (C=O) groups is 2. The standard InChI is InChI=1S/C12H17N3O2/c13-5-6-14-12(17)9-7-11(16)15(8-9)10-3-1-2-4-10/h9-10H,1-4,6-8H2,(H,14,17). The zero-order valence-electron chi connectivity index (χ0n) is 9.82. The van der Waals surface area contributed by atoms with E-state index in [1.54, 1.807) is 0 Å². The zero-order valence-corrected chi connectivity index (χ0v) is 9.82. The summed E-state index contributed by atoms with van der Waals surface area (Å²) in [6, 6.07) is 2.21. The molecule has 0 aromatic heterocycles. The van der Waals surface area contributed by atoms with Crippen molar-refractivity contribution in [3.05, 3.63) is 0 Å². The second-order valence-corrected chi connectivity index (χ2v) is 4.76. The highest BCUT2D eigenvalue weighted by Crippen LogP contribution is 2.29. The Kier molecular flexibility index (Phi) is 3.62. The maximum atomic E-state index is 11.8. The van der Waals surface area contributed by atoms with Crippen LogP contribution in [0.4, 0.5) is 0 Å². The largest absolute Gasteiger partial charge is 0.343 e. The van der Waals surface area contributed by atoms with E-state index in [0.29, 0.717) is 19.0 Å². The third-order valence-corrected chi connectivity index (χ3v) is 3.64. The molecule has 5 heteroatoms. The van der Waals surface area contributed by atoms with E-state index < -0.39 is 0 Å². The maximum Gasteiger partial charge on any atom is 0.226 e. The van der Waals surface area contributed by atoms with Gasteiger partial charge in [-0.2, -0.15) is 5.26 Å². The summed E-state index contributed by atoms with van der Waals surface area (Å²) in [5.41, 5.74) is 0. The van der Waals surface area contributed by atoms with Crippen molar-refractivity contribution >= 4 is 11.8 Å². The average molecular weight is 235 g/mol. The lowest BCUT2D eigenvalue weighted by Crippen LogP contribution is -2.37. The molecule has 1 saturated carbocycles. The van der Waals surface area contributed by atoms with Crippen molar-refractivity contribution < 1.29 is 9.59 Å². The van der Waals surface area contributed by atoms with Crippen molar-refractivity contribution in [2.24, 2.45) is 5.92 Å². The summed E-state index contributed by atoms with van der Waals surface area (Å²) in [7, 11) is 0. The van der Waals surface area contributed by atoms with Crippen LogP contribution in [0, 0.1) is 17.2 Å². The van der Waals surface area contributed by atoms with Crippen molar-refractivity contribution in [3.63, 3.8) is 0 Å². The van der Waals surface area contributed by atoms with Gasteiger partial charge in [0.2, 0.25) is 11.8 Å². The minimum Gasteiger partial charge on any atom is -0.343 e. The van der Waals surface area contributed by atoms with E-state index in [1.807, 2.05) is 11.0 Å². The monoisotopic (exact) mass is 235 g/mol. The topological polar surface area (TPSA) is 73.2 Å². The molecular formula is C12H17N3O2. The summed E-state index contributed by atoms with van der Waals surface area (Å²) < 4.78 is 0. The van der Waals surface area contributed by atoms with Gasteiger partial charge >= 0.3 is 0 Å². The Morgan fingerprint density at radius 2 is 2.18 bits per heavy atom. The zero-order chi connectivity index (χ0) is 12.3. The molecule has 1 N–H and O–H groups in total. The number of hydrogen-bond donors (Lipinski definition) is 1. The first kappa shape index (κ1) is 11.9. The first-order valence-corrected chi connectivity index (χ1v) is 6.16. The van der Waals surface area contributed by atoms with Crippen LogP contribution >= 0.6 is 0 Å². The molecule has 0 spiro atoms. The number of nitriles is 1. The smallest absolute Gasteiger partial charge is 0.226 e. The Morgan fingerprint density at radius 1 is 1.47 bits per heavy atom. The Bertz CT molecular complexity index is 355. The molecule has 0 bridgehead atoms. The fraction of sp³-hybridized carbons (Fsp3) is 0.750. The predicted molar refractivity (Wildman–Crippen MR) is 60.7 cm³/mol. The highest BCUT2D eigenvalue weighted by atomic mass is 16.2. The van der Waals surface area contributed by atoms with Crippen LogP contribution in [-0.4, -0.2) is 35.8 Å². The molecule has 2 amide bonds. The van der Waals surface area contributed by atoms with E-state index in [2.05, 4.69) is 5.32 Å². The summed E-state index contributed by atoms with van der Waals surface area (Å²) in [6.45, 7) is 0.549. The van der Waals surface area contributed by atoms with Gasteiger partial charge in [0.15, 0.2) is 0 Å². The van der Waals surface area contributed by atoms with Gasteiger partial charge in [-0.1, -0.05) is 12.8 Å². The Hall–Kier alpha value is -1.57. The van der Waals surface area contributed by atoms with Gasteiger partial charge in [0.25, 0.3) is 0 Å². The van der Waals surface area contributed by atoms with Crippen LogP contribution in [0.2, 0.25) is 0 Å². The van der Waals surface area contributed by atoms with Crippen molar-refractivity contribution in [3.8, 4) is 6.07 Å². The molecule has 1 aliphatic carbocycles. The van der Waals surface area contributed by atoms with E-state index in [9.17, 15) is 9.59 Å². The molecule has 0 aromatic carbocycles.